The van der Waals surface area contributed by atoms with Gasteiger partial charge >= 0.3 is 12.1 Å². The third kappa shape index (κ3) is 5.89. The van der Waals surface area contributed by atoms with Gasteiger partial charge in [0.15, 0.2) is 5.78 Å². The van der Waals surface area contributed by atoms with Gasteiger partial charge < -0.3 is 9.47 Å². The van der Waals surface area contributed by atoms with Gasteiger partial charge in [-0.1, -0.05) is 30.3 Å². The Bertz CT molecular complexity index is 587. The number of likely N-dealkylation sites (tertiary alicyclic amines) is 1. The van der Waals surface area contributed by atoms with Crippen LogP contribution < -0.4 is 0 Å². The highest BCUT2D eigenvalue weighted by Gasteiger charge is 2.34. The number of carbonyl (C=O) groups is 3. The fourth-order valence-electron chi connectivity index (χ4n) is 2.93. The Balaban J connectivity index is 1.79. The van der Waals surface area contributed by atoms with E-state index in [1.807, 2.05) is 30.3 Å². The van der Waals surface area contributed by atoms with Crippen LogP contribution in [0.25, 0.3) is 0 Å². The van der Waals surface area contributed by atoms with Gasteiger partial charge in [0.25, 0.3) is 0 Å². The molecule has 1 fully saturated rings. The van der Waals surface area contributed by atoms with Crippen LogP contribution in [0.2, 0.25) is 0 Å². The van der Waals surface area contributed by atoms with Crippen molar-refractivity contribution in [1.82, 2.24) is 4.90 Å². The minimum absolute atomic E-state index is 0.0153. The van der Waals surface area contributed by atoms with E-state index in [0.717, 1.165) is 12.0 Å². The molecule has 1 atom stereocenters. The predicted octanol–water partition coefficient (Wildman–Crippen LogP) is 3.09. The molecule has 0 unspecified atom stereocenters. The minimum atomic E-state index is -0.454. The Kier molecular flexibility index (Phi) is 7.44. The molecule has 1 heterocycles. The molecule has 1 aliphatic heterocycles. The fraction of sp³-hybridized carbons (Fsp3) is 0.526. The molecule has 6 heteroatoms. The van der Waals surface area contributed by atoms with Gasteiger partial charge in [0.2, 0.25) is 0 Å². The summed E-state index contributed by atoms with van der Waals surface area (Å²) >= 11 is 0. The van der Waals surface area contributed by atoms with Gasteiger partial charge in [0, 0.05) is 19.4 Å². The number of hydrogen-bond donors (Lipinski definition) is 0. The number of rotatable bonds is 8. The Labute approximate surface area is 148 Å². The maximum atomic E-state index is 12.4. The molecule has 1 aliphatic rings. The van der Waals surface area contributed by atoms with Gasteiger partial charge in [-0.25, -0.2) is 4.79 Å². The first kappa shape index (κ1) is 19.0. The Morgan fingerprint density at radius 2 is 1.88 bits per heavy atom. The highest BCUT2D eigenvalue weighted by atomic mass is 16.6. The Morgan fingerprint density at radius 1 is 1.12 bits per heavy atom. The van der Waals surface area contributed by atoms with Gasteiger partial charge in [0.1, 0.15) is 6.61 Å². The summed E-state index contributed by atoms with van der Waals surface area (Å²) in [6.45, 7) is 2.82. The number of hydrogen-bond acceptors (Lipinski definition) is 5. The zero-order chi connectivity index (χ0) is 18.1. The van der Waals surface area contributed by atoms with Crippen LogP contribution in [0.4, 0.5) is 4.79 Å². The lowest BCUT2D eigenvalue weighted by molar-refractivity contribution is -0.143. The standard InChI is InChI=1S/C19H25NO5/c1-2-24-18(22)12-6-11-17(21)16-10-7-13-20(16)19(23)25-14-15-8-4-3-5-9-15/h3-5,8-9,16H,2,6-7,10-14H2,1H3/t16-/m0/s1. The summed E-state index contributed by atoms with van der Waals surface area (Å²) in [5.41, 5.74) is 0.910. The number of ether oxygens (including phenoxy) is 2. The monoisotopic (exact) mass is 347 g/mol. The van der Waals surface area contributed by atoms with E-state index in [4.69, 9.17) is 9.47 Å². The normalized spacial score (nSPS) is 16.5. The van der Waals surface area contributed by atoms with Crippen molar-refractivity contribution in [2.24, 2.45) is 0 Å². The van der Waals surface area contributed by atoms with Gasteiger partial charge in [-0.3, -0.25) is 14.5 Å². The molecule has 1 saturated heterocycles. The predicted molar refractivity (Wildman–Crippen MR) is 91.8 cm³/mol. The second kappa shape index (κ2) is 9.81. The van der Waals surface area contributed by atoms with Crippen LogP contribution in [0.1, 0.15) is 44.6 Å². The van der Waals surface area contributed by atoms with Gasteiger partial charge in [-0.2, -0.15) is 0 Å². The van der Waals surface area contributed by atoms with Crippen molar-refractivity contribution in [3.63, 3.8) is 0 Å². The molecule has 0 bridgehead atoms. The summed E-state index contributed by atoms with van der Waals surface area (Å²) in [7, 11) is 0. The zero-order valence-electron chi connectivity index (χ0n) is 14.6. The SMILES string of the molecule is CCOC(=O)CCCC(=O)[C@@H]1CCCN1C(=O)OCc1ccccc1. The molecular formula is C19H25NO5. The smallest absolute Gasteiger partial charge is 0.410 e. The molecule has 6 nitrogen and oxygen atoms in total. The number of nitrogens with zero attached hydrogens (tertiary/aromatic N) is 1. The highest BCUT2D eigenvalue weighted by molar-refractivity contribution is 5.88. The number of amides is 1. The number of Topliss-reactive ketones (excluding diaryl/α,β-unsaturated/α-hetero) is 1. The van der Waals surface area contributed by atoms with Crippen LogP contribution in [0.15, 0.2) is 30.3 Å². The third-order valence-corrected chi connectivity index (χ3v) is 4.17. The number of carbonyl (C=O) groups excluding carboxylic acids is 3. The van der Waals surface area contributed by atoms with Crippen LogP contribution in [0, 0.1) is 0 Å². The molecule has 0 N–H and O–H groups in total. The van der Waals surface area contributed by atoms with E-state index in [-0.39, 0.29) is 31.2 Å². The van der Waals surface area contributed by atoms with Crippen molar-refractivity contribution in [2.45, 2.75) is 51.7 Å². The fourth-order valence-corrected chi connectivity index (χ4v) is 2.93. The van der Waals surface area contributed by atoms with Crippen molar-refractivity contribution < 1.29 is 23.9 Å². The average molecular weight is 347 g/mol. The van der Waals surface area contributed by atoms with Crippen LogP contribution in [-0.4, -0.2) is 41.9 Å². The van der Waals surface area contributed by atoms with Crippen LogP contribution >= 0.6 is 0 Å². The van der Waals surface area contributed by atoms with Gasteiger partial charge in [0.05, 0.1) is 12.6 Å². The maximum Gasteiger partial charge on any atom is 0.410 e. The van der Waals surface area contributed by atoms with Crippen molar-refractivity contribution in [1.29, 1.82) is 0 Å². The molecule has 0 saturated carbocycles. The van der Waals surface area contributed by atoms with E-state index in [1.54, 1.807) is 6.92 Å². The van der Waals surface area contributed by atoms with Crippen molar-refractivity contribution >= 4 is 17.8 Å². The largest absolute Gasteiger partial charge is 0.466 e. The Morgan fingerprint density at radius 3 is 2.60 bits per heavy atom. The second-order valence-electron chi connectivity index (χ2n) is 6.02. The lowest BCUT2D eigenvalue weighted by atomic mass is 10.0. The number of esters is 1. The van der Waals surface area contributed by atoms with Crippen molar-refractivity contribution in [2.75, 3.05) is 13.2 Å². The first-order valence-corrected chi connectivity index (χ1v) is 8.77. The third-order valence-electron chi connectivity index (χ3n) is 4.17. The average Bonchev–Trinajstić information content (AvgIpc) is 3.10. The molecule has 0 aliphatic carbocycles. The highest BCUT2D eigenvalue weighted by Crippen LogP contribution is 2.21. The van der Waals surface area contributed by atoms with E-state index < -0.39 is 12.1 Å². The number of benzene rings is 1. The summed E-state index contributed by atoms with van der Waals surface area (Å²) in [4.78, 5) is 37.5. The number of ketones is 1. The molecule has 0 aromatic heterocycles. The lowest BCUT2D eigenvalue weighted by Crippen LogP contribution is -2.40. The Hall–Kier alpha value is -2.37. The van der Waals surface area contributed by atoms with Crippen molar-refractivity contribution in [3.8, 4) is 0 Å². The summed E-state index contributed by atoms with van der Waals surface area (Å²) in [6, 6.07) is 9.00. The van der Waals surface area contributed by atoms with Crippen LogP contribution in [0.3, 0.4) is 0 Å². The molecule has 2 rings (SSSR count). The molecule has 1 aromatic carbocycles. The van der Waals surface area contributed by atoms with Gasteiger partial charge in [-0.05, 0) is 31.7 Å². The lowest BCUT2D eigenvalue weighted by Gasteiger charge is -2.23. The first-order valence-electron chi connectivity index (χ1n) is 8.77. The van der Waals surface area contributed by atoms with Gasteiger partial charge in [-0.15, -0.1) is 0 Å². The maximum absolute atomic E-state index is 12.4. The molecule has 0 radical (unpaired) electrons. The van der Waals surface area contributed by atoms with E-state index in [1.165, 1.54) is 4.90 Å². The van der Waals surface area contributed by atoms with E-state index in [0.29, 0.717) is 26.0 Å². The molecule has 1 amide bonds. The topological polar surface area (TPSA) is 72.9 Å². The minimum Gasteiger partial charge on any atom is -0.466 e. The summed E-state index contributed by atoms with van der Waals surface area (Å²) in [5.74, 6) is -0.306. The van der Waals surface area contributed by atoms with Crippen LogP contribution in [0.5, 0.6) is 0 Å². The molecule has 1 aromatic rings. The van der Waals surface area contributed by atoms with Crippen molar-refractivity contribution in [3.05, 3.63) is 35.9 Å². The molecular weight excluding hydrogens is 322 g/mol. The molecule has 25 heavy (non-hydrogen) atoms. The zero-order valence-corrected chi connectivity index (χ0v) is 14.6. The second-order valence-corrected chi connectivity index (χ2v) is 6.02. The van der Waals surface area contributed by atoms with E-state index >= 15 is 0 Å². The summed E-state index contributed by atoms with van der Waals surface area (Å²) in [5, 5.41) is 0. The molecule has 136 valence electrons. The first-order chi connectivity index (χ1) is 12.1. The summed E-state index contributed by atoms with van der Waals surface area (Å²) < 4.78 is 10.2. The van der Waals surface area contributed by atoms with E-state index in [2.05, 4.69) is 0 Å². The quantitative estimate of drug-likeness (QED) is 0.676. The van der Waals surface area contributed by atoms with E-state index in [9.17, 15) is 14.4 Å². The summed E-state index contributed by atoms with van der Waals surface area (Å²) in [6.07, 6.45) is 1.93. The molecule has 0 spiro atoms. The van der Waals surface area contributed by atoms with Crippen LogP contribution in [-0.2, 0) is 25.7 Å².